The Hall–Kier alpha value is -2.01. The van der Waals surface area contributed by atoms with Crippen LogP contribution in [0.4, 0.5) is 0 Å². The summed E-state index contributed by atoms with van der Waals surface area (Å²) in [7, 11) is 0. The molecular formula is C12H9N3OS. The van der Waals surface area contributed by atoms with E-state index in [0.29, 0.717) is 4.91 Å². The maximum Gasteiger partial charge on any atom is 0.264 e. The minimum absolute atomic E-state index is 0.182. The van der Waals surface area contributed by atoms with Crippen molar-refractivity contribution in [2.75, 3.05) is 0 Å². The van der Waals surface area contributed by atoms with Crippen LogP contribution in [-0.2, 0) is 4.79 Å². The molecule has 1 saturated heterocycles. The first-order valence-electron chi connectivity index (χ1n) is 5.09. The number of hydrogen-bond acceptors (Lipinski definition) is 3. The van der Waals surface area contributed by atoms with Gasteiger partial charge in [0.2, 0.25) is 0 Å². The molecule has 3 N–H and O–H groups in total. The molecule has 5 heteroatoms. The van der Waals surface area contributed by atoms with Gasteiger partial charge < -0.3 is 10.3 Å². The molecule has 2 heterocycles. The number of fused-ring (bicyclic) bond motifs is 1. The second-order valence-electron chi connectivity index (χ2n) is 3.68. The zero-order chi connectivity index (χ0) is 11.8. The second kappa shape index (κ2) is 3.78. The lowest BCUT2D eigenvalue weighted by atomic mass is 10.1. The second-order valence-corrected chi connectivity index (χ2v) is 4.74. The van der Waals surface area contributed by atoms with Gasteiger partial charge in [-0.1, -0.05) is 18.2 Å². The fraction of sp³-hybridized carbons (Fsp3) is 0. The summed E-state index contributed by atoms with van der Waals surface area (Å²) in [4.78, 5) is 15.2. The van der Waals surface area contributed by atoms with E-state index in [-0.39, 0.29) is 11.1 Å². The maximum atomic E-state index is 11.5. The van der Waals surface area contributed by atoms with Gasteiger partial charge >= 0.3 is 0 Å². The summed E-state index contributed by atoms with van der Waals surface area (Å²) in [6.07, 6.45) is 3.67. The van der Waals surface area contributed by atoms with Crippen LogP contribution in [0.2, 0.25) is 0 Å². The van der Waals surface area contributed by atoms with Crippen molar-refractivity contribution in [3.05, 3.63) is 40.9 Å². The van der Waals surface area contributed by atoms with Crippen LogP contribution in [0.1, 0.15) is 5.56 Å². The summed E-state index contributed by atoms with van der Waals surface area (Å²) < 4.78 is 0. The lowest BCUT2D eigenvalue weighted by molar-refractivity contribution is -0.115. The molecule has 0 saturated carbocycles. The topological polar surface area (TPSA) is 68.7 Å². The number of benzene rings is 1. The number of aromatic nitrogens is 1. The fourth-order valence-corrected chi connectivity index (χ4v) is 2.49. The zero-order valence-corrected chi connectivity index (χ0v) is 9.60. The van der Waals surface area contributed by atoms with E-state index in [1.807, 2.05) is 30.5 Å². The third kappa shape index (κ3) is 1.74. The molecule has 3 rings (SSSR count). The Bertz CT molecular complexity index is 657. The molecule has 0 atom stereocenters. The number of carbonyl (C=O) groups is 1. The average Bonchev–Trinajstić information content (AvgIpc) is 2.85. The van der Waals surface area contributed by atoms with Crippen molar-refractivity contribution >= 4 is 39.8 Å². The molecule has 84 valence electrons. The molecule has 1 amide bonds. The Labute approximate surface area is 102 Å². The third-order valence-corrected chi connectivity index (χ3v) is 3.40. The van der Waals surface area contributed by atoms with Crippen LogP contribution in [0.5, 0.6) is 0 Å². The van der Waals surface area contributed by atoms with Crippen molar-refractivity contribution in [1.82, 2.24) is 10.3 Å². The summed E-state index contributed by atoms with van der Waals surface area (Å²) in [5.41, 5.74) is 2.01. The highest BCUT2D eigenvalue weighted by Gasteiger charge is 2.22. The van der Waals surface area contributed by atoms with Crippen molar-refractivity contribution in [3.63, 3.8) is 0 Å². The predicted molar refractivity (Wildman–Crippen MR) is 69.7 cm³/mol. The van der Waals surface area contributed by atoms with Gasteiger partial charge in [0.15, 0.2) is 5.17 Å². The van der Waals surface area contributed by atoms with Crippen LogP contribution < -0.4 is 5.32 Å². The van der Waals surface area contributed by atoms with Gasteiger partial charge in [0.25, 0.3) is 5.91 Å². The van der Waals surface area contributed by atoms with Gasteiger partial charge in [-0.05, 0) is 23.9 Å². The Morgan fingerprint density at radius 3 is 2.88 bits per heavy atom. The molecule has 1 aliphatic rings. The lowest BCUT2D eigenvalue weighted by Crippen LogP contribution is -2.18. The van der Waals surface area contributed by atoms with Crippen molar-refractivity contribution in [3.8, 4) is 0 Å². The molecule has 1 fully saturated rings. The molecule has 4 nitrogen and oxygen atoms in total. The number of para-hydroxylation sites is 1. The summed E-state index contributed by atoms with van der Waals surface area (Å²) in [6.45, 7) is 0. The highest BCUT2D eigenvalue weighted by Crippen LogP contribution is 2.27. The van der Waals surface area contributed by atoms with Crippen molar-refractivity contribution in [1.29, 1.82) is 5.41 Å². The first-order chi connectivity index (χ1) is 8.24. The Morgan fingerprint density at radius 1 is 1.29 bits per heavy atom. The molecule has 1 aromatic carbocycles. The van der Waals surface area contributed by atoms with E-state index in [9.17, 15) is 4.79 Å². The average molecular weight is 243 g/mol. The highest BCUT2D eigenvalue weighted by atomic mass is 32.2. The summed E-state index contributed by atoms with van der Waals surface area (Å²) >= 11 is 1.15. The number of aromatic amines is 1. The SMILES string of the molecule is N=C1NC(=O)/C(=C/c2c[nH]c3ccccc23)S1. The Balaban J connectivity index is 2.08. The predicted octanol–water partition coefficient (Wildman–Crippen LogP) is 2.31. The summed E-state index contributed by atoms with van der Waals surface area (Å²) in [5.74, 6) is -0.203. The maximum absolute atomic E-state index is 11.5. The van der Waals surface area contributed by atoms with E-state index in [1.165, 1.54) is 0 Å². The van der Waals surface area contributed by atoms with E-state index in [4.69, 9.17) is 5.41 Å². The number of hydrogen-bond donors (Lipinski definition) is 3. The molecule has 17 heavy (non-hydrogen) atoms. The molecular weight excluding hydrogens is 234 g/mol. The number of H-pyrrole nitrogens is 1. The third-order valence-electron chi connectivity index (χ3n) is 2.57. The molecule has 2 aromatic rings. The first kappa shape index (κ1) is 10.2. The molecule has 0 aliphatic carbocycles. The normalized spacial score (nSPS) is 18.0. The zero-order valence-electron chi connectivity index (χ0n) is 8.78. The minimum Gasteiger partial charge on any atom is -0.361 e. The number of amidine groups is 1. The van der Waals surface area contributed by atoms with Crippen LogP contribution in [0.15, 0.2) is 35.4 Å². The smallest absolute Gasteiger partial charge is 0.264 e. The van der Waals surface area contributed by atoms with E-state index in [2.05, 4.69) is 10.3 Å². The van der Waals surface area contributed by atoms with E-state index in [0.717, 1.165) is 28.2 Å². The van der Waals surface area contributed by atoms with Crippen LogP contribution >= 0.6 is 11.8 Å². The molecule has 1 aliphatic heterocycles. The number of amides is 1. The molecule has 0 radical (unpaired) electrons. The lowest BCUT2D eigenvalue weighted by Gasteiger charge is -1.92. The van der Waals surface area contributed by atoms with Gasteiger partial charge in [-0.15, -0.1) is 0 Å². The van der Waals surface area contributed by atoms with Gasteiger partial charge in [0.1, 0.15) is 0 Å². The number of carbonyl (C=O) groups excluding carboxylic acids is 1. The van der Waals surface area contributed by atoms with Crippen molar-refractivity contribution in [2.45, 2.75) is 0 Å². The van der Waals surface area contributed by atoms with Crippen molar-refractivity contribution in [2.24, 2.45) is 0 Å². The number of thioether (sulfide) groups is 1. The van der Waals surface area contributed by atoms with Crippen molar-refractivity contribution < 1.29 is 4.79 Å². The van der Waals surface area contributed by atoms with E-state index < -0.39 is 0 Å². The summed E-state index contributed by atoms with van der Waals surface area (Å²) in [5, 5.41) is 11.1. The molecule has 0 spiro atoms. The fourth-order valence-electron chi connectivity index (χ4n) is 1.80. The van der Waals surface area contributed by atoms with Crippen LogP contribution in [0.25, 0.3) is 17.0 Å². The Morgan fingerprint density at radius 2 is 2.12 bits per heavy atom. The van der Waals surface area contributed by atoms with Crippen LogP contribution in [-0.4, -0.2) is 16.1 Å². The van der Waals surface area contributed by atoms with Gasteiger partial charge in [-0.3, -0.25) is 10.2 Å². The van der Waals surface area contributed by atoms with Gasteiger partial charge in [0, 0.05) is 22.7 Å². The number of nitrogens with one attached hydrogen (secondary N) is 3. The largest absolute Gasteiger partial charge is 0.361 e. The van der Waals surface area contributed by atoms with E-state index in [1.54, 1.807) is 6.08 Å². The van der Waals surface area contributed by atoms with Gasteiger partial charge in [-0.25, -0.2) is 0 Å². The first-order valence-corrected chi connectivity index (χ1v) is 5.91. The quantitative estimate of drug-likeness (QED) is 0.673. The highest BCUT2D eigenvalue weighted by molar-refractivity contribution is 8.18. The Kier molecular flexibility index (Phi) is 2.26. The monoisotopic (exact) mass is 243 g/mol. The standard InChI is InChI=1S/C12H9N3OS/c13-12-15-11(16)10(17-12)5-7-6-14-9-4-2-1-3-8(7)9/h1-6,14H,(H2,13,15,16)/b10-5-. The van der Waals surface area contributed by atoms with Crippen LogP contribution in [0, 0.1) is 5.41 Å². The van der Waals surface area contributed by atoms with E-state index >= 15 is 0 Å². The summed E-state index contributed by atoms with van der Waals surface area (Å²) in [6, 6.07) is 7.91. The molecule has 0 bridgehead atoms. The van der Waals surface area contributed by atoms with Gasteiger partial charge in [-0.2, -0.15) is 0 Å². The van der Waals surface area contributed by atoms with Crippen LogP contribution in [0.3, 0.4) is 0 Å². The molecule has 0 unspecified atom stereocenters. The van der Waals surface area contributed by atoms with Gasteiger partial charge in [0.05, 0.1) is 4.91 Å². The number of rotatable bonds is 1. The molecule has 1 aromatic heterocycles. The minimum atomic E-state index is -0.203.